The first-order valence-electron chi connectivity index (χ1n) is 11.4. The Kier molecular flexibility index (Phi) is 7.10. The minimum atomic E-state index is -1.08. The Morgan fingerprint density at radius 2 is 1.69 bits per heavy atom. The molecule has 4 unspecified atom stereocenters. The third-order valence-corrected chi connectivity index (χ3v) is 7.02. The van der Waals surface area contributed by atoms with Crippen molar-refractivity contribution in [3.05, 3.63) is 64.5 Å². The second-order valence-corrected chi connectivity index (χ2v) is 8.85. The van der Waals surface area contributed by atoms with Gasteiger partial charge in [0, 0.05) is 12.2 Å². The third-order valence-electron chi connectivity index (χ3n) is 7.02. The molecule has 0 bridgehead atoms. The van der Waals surface area contributed by atoms with Crippen molar-refractivity contribution in [2.75, 3.05) is 13.7 Å². The number of methoxy groups -OCH3 is 1. The van der Waals surface area contributed by atoms with Gasteiger partial charge in [-0.2, -0.15) is 4.39 Å². The van der Waals surface area contributed by atoms with Crippen LogP contribution in [0.4, 0.5) is 13.2 Å². The van der Waals surface area contributed by atoms with Gasteiger partial charge in [0.25, 0.3) is 0 Å². The van der Waals surface area contributed by atoms with Gasteiger partial charge >= 0.3 is 0 Å². The Morgan fingerprint density at radius 1 is 0.906 bits per heavy atom. The van der Waals surface area contributed by atoms with Gasteiger partial charge in [0.05, 0.1) is 18.8 Å². The van der Waals surface area contributed by atoms with Crippen molar-refractivity contribution >= 4 is 0 Å². The first-order valence-corrected chi connectivity index (χ1v) is 11.4. The lowest BCUT2D eigenvalue weighted by atomic mass is 9.65. The van der Waals surface area contributed by atoms with Crippen LogP contribution in [0.15, 0.2) is 30.3 Å². The lowest BCUT2D eigenvalue weighted by Crippen LogP contribution is -2.33. The summed E-state index contributed by atoms with van der Waals surface area (Å²) in [6.07, 6.45) is 6.88. The van der Waals surface area contributed by atoms with Gasteiger partial charge in [-0.25, -0.2) is 8.78 Å². The zero-order valence-corrected chi connectivity index (χ0v) is 18.6. The van der Waals surface area contributed by atoms with Crippen LogP contribution in [-0.4, -0.2) is 19.8 Å². The fourth-order valence-corrected chi connectivity index (χ4v) is 5.38. The van der Waals surface area contributed by atoms with E-state index in [4.69, 9.17) is 9.47 Å². The molecule has 32 heavy (non-hydrogen) atoms. The number of halogens is 3. The SMILES string of the molecule is CCOC1CCC2CC(c3ccc(C#Cc4ccc(OC)c(F)c4F)cc3F)CCC2C1. The molecule has 4 atom stereocenters. The molecule has 2 aromatic carbocycles. The van der Waals surface area contributed by atoms with Crippen molar-refractivity contribution in [3.63, 3.8) is 0 Å². The van der Waals surface area contributed by atoms with Crippen LogP contribution in [0.3, 0.4) is 0 Å². The molecule has 0 saturated heterocycles. The standard InChI is InChI=1S/C27H29F3O2/c1-3-32-22-11-9-19-15-21(8-7-20(19)16-22)23-12-5-17(14-24(23)28)4-6-18-10-13-25(31-2)27(30)26(18)29/h5,10,12-14,19-22H,3,7-9,11,15-16H2,1-2H3. The Morgan fingerprint density at radius 3 is 2.44 bits per heavy atom. The minimum Gasteiger partial charge on any atom is -0.494 e. The van der Waals surface area contributed by atoms with Crippen molar-refractivity contribution in [2.24, 2.45) is 11.8 Å². The summed E-state index contributed by atoms with van der Waals surface area (Å²) in [5, 5.41) is 0. The van der Waals surface area contributed by atoms with Crippen molar-refractivity contribution < 1.29 is 22.6 Å². The fourth-order valence-electron chi connectivity index (χ4n) is 5.38. The summed E-state index contributed by atoms with van der Waals surface area (Å²) in [5.74, 6) is 4.30. The van der Waals surface area contributed by atoms with Crippen LogP contribution in [0.1, 0.15) is 68.1 Å². The van der Waals surface area contributed by atoms with Gasteiger partial charge in [-0.15, -0.1) is 0 Å². The molecule has 0 radical (unpaired) electrons. The number of benzene rings is 2. The molecule has 170 valence electrons. The topological polar surface area (TPSA) is 18.5 Å². The van der Waals surface area contributed by atoms with Crippen LogP contribution >= 0.6 is 0 Å². The predicted molar refractivity (Wildman–Crippen MR) is 118 cm³/mol. The van der Waals surface area contributed by atoms with E-state index in [1.807, 2.05) is 6.92 Å². The average molecular weight is 443 g/mol. The van der Waals surface area contributed by atoms with E-state index in [1.54, 1.807) is 12.1 Å². The minimum absolute atomic E-state index is 0.0891. The summed E-state index contributed by atoms with van der Waals surface area (Å²) in [7, 11) is 1.27. The van der Waals surface area contributed by atoms with E-state index in [9.17, 15) is 13.2 Å². The molecule has 5 heteroatoms. The number of hydrogen-bond donors (Lipinski definition) is 0. The van der Waals surface area contributed by atoms with E-state index in [0.717, 1.165) is 50.7 Å². The van der Waals surface area contributed by atoms with Crippen LogP contribution < -0.4 is 4.74 Å². The molecule has 2 fully saturated rings. The van der Waals surface area contributed by atoms with Gasteiger partial charge in [-0.3, -0.25) is 0 Å². The molecule has 0 amide bonds. The summed E-state index contributed by atoms with van der Waals surface area (Å²) in [6.45, 7) is 2.82. The summed E-state index contributed by atoms with van der Waals surface area (Å²) in [5.41, 5.74) is 1.09. The Bertz CT molecular complexity index is 1020. The molecule has 2 aliphatic rings. The third kappa shape index (κ3) is 4.81. The van der Waals surface area contributed by atoms with Gasteiger partial charge in [-0.1, -0.05) is 17.9 Å². The molecule has 0 aliphatic heterocycles. The first kappa shape index (κ1) is 22.7. The van der Waals surface area contributed by atoms with Crippen molar-refractivity contribution in [1.29, 1.82) is 0 Å². The first-order chi connectivity index (χ1) is 15.5. The summed E-state index contributed by atoms with van der Waals surface area (Å²) in [6, 6.07) is 7.65. The summed E-state index contributed by atoms with van der Waals surface area (Å²) in [4.78, 5) is 0. The van der Waals surface area contributed by atoms with Crippen molar-refractivity contribution in [2.45, 2.75) is 57.5 Å². The second kappa shape index (κ2) is 10.0. The number of rotatable bonds is 4. The van der Waals surface area contributed by atoms with Gasteiger partial charge in [-0.05, 0) is 93.0 Å². The fraction of sp³-hybridized carbons (Fsp3) is 0.481. The molecule has 0 heterocycles. The van der Waals surface area contributed by atoms with Crippen molar-refractivity contribution in [3.8, 4) is 17.6 Å². The molecule has 0 spiro atoms. The molecule has 2 aliphatic carbocycles. The molecule has 4 rings (SSSR count). The molecule has 2 nitrogen and oxygen atoms in total. The molecular weight excluding hydrogens is 413 g/mol. The molecule has 0 N–H and O–H groups in total. The number of hydrogen-bond acceptors (Lipinski definition) is 2. The Labute approximate surface area is 188 Å². The van der Waals surface area contributed by atoms with Crippen LogP contribution in [0, 0.1) is 41.1 Å². The maximum atomic E-state index is 15.0. The van der Waals surface area contributed by atoms with Gasteiger partial charge in [0.2, 0.25) is 5.82 Å². The highest BCUT2D eigenvalue weighted by Gasteiger charge is 2.36. The lowest BCUT2D eigenvalue weighted by molar-refractivity contribution is -0.00968. The van der Waals surface area contributed by atoms with Crippen LogP contribution in [0.25, 0.3) is 0 Å². The largest absolute Gasteiger partial charge is 0.494 e. The van der Waals surface area contributed by atoms with Crippen molar-refractivity contribution in [1.82, 2.24) is 0 Å². The smallest absolute Gasteiger partial charge is 0.201 e. The van der Waals surface area contributed by atoms with E-state index in [0.29, 0.717) is 23.5 Å². The van der Waals surface area contributed by atoms with E-state index in [1.165, 1.54) is 25.3 Å². The number of ether oxygens (including phenoxy) is 2. The molecule has 2 aromatic rings. The van der Waals surface area contributed by atoms with E-state index < -0.39 is 11.6 Å². The van der Waals surface area contributed by atoms with Crippen LogP contribution in [0.2, 0.25) is 0 Å². The highest BCUT2D eigenvalue weighted by atomic mass is 19.2. The maximum absolute atomic E-state index is 15.0. The molecule has 2 saturated carbocycles. The zero-order valence-electron chi connectivity index (χ0n) is 18.6. The summed E-state index contributed by atoms with van der Waals surface area (Å²) >= 11 is 0. The predicted octanol–water partition coefficient (Wildman–Crippen LogP) is 6.60. The molecular formula is C27H29F3O2. The number of fused-ring (bicyclic) bond motifs is 1. The zero-order chi connectivity index (χ0) is 22.7. The normalized spacial score (nSPS) is 24.9. The quantitative estimate of drug-likeness (QED) is 0.497. The van der Waals surface area contributed by atoms with E-state index in [2.05, 4.69) is 11.8 Å². The average Bonchev–Trinajstić information content (AvgIpc) is 2.80. The van der Waals surface area contributed by atoms with Gasteiger partial charge in [0.1, 0.15) is 5.82 Å². The Hall–Kier alpha value is -2.45. The van der Waals surface area contributed by atoms with E-state index in [-0.39, 0.29) is 23.0 Å². The van der Waals surface area contributed by atoms with Crippen LogP contribution in [-0.2, 0) is 4.74 Å². The van der Waals surface area contributed by atoms with Gasteiger partial charge in [0.15, 0.2) is 11.6 Å². The second-order valence-electron chi connectivity index (χ2n) is 8.85. The molecule has 0 aromatic heterocycles. The van der Waals surface area contributed by atoms with Gasteiger partial charge < -0.3 is 9.47 Å². The van der Waals surface area contributed by atoms with Crippen LogP contribution in [0.5, 0.6) is 5.75 Å². The highest BCUT2D eigenvalue weighted by Crippen LogP contribution is 2.47. The highest BCUT2D eigenvalue weighted by molar-refractivity contribution is 5.46. The monoisotopic (exact) mass is 442 g/mol. The van der Waals surface area contributed by atoms with E-state index >= 15 is 0 Å². The maximum Gasteiger partial charge on any atom is 0.201 e. The summed E-state index contributed by atoms with van der Waals surface area (Å²) < 4.78 is 53.5. The lowest BCUT2D eigenvalue weighted by Gasteiger charge is -2.42. The Balaban J connectivity index is 1.45.